The SMILES string of the molecule is CCCCCCCCCCCN(CCCCCCCCCCC)C(C)(O)O. The third-order valence-electron chi connectivity index (χ3n) is 5.66. The van der Waals surface area contributed by atoms with Crippen LogP contribution in [0.5, 0.6) is 0 Å². The van der Waals surface area contributed by atoms with Gasteiger partial charge in [0.1, 0.15) is 0 Å². The highest BCUT2D eigenvalue weighted by atomic mass is 16.5. The van der Waals surface area contributed by atoms with Gasteiger partial charge in [-0.05, 0) is 12.8 Å². The van der Waals surface area contributed by atoms with E-state index in [-0.39, 0.29) is 0 Å². The highest BCUT2D eigenvalue weighted by Gasteiger charge is 2.24. The Kier molecular flexibility index (Phi) is 19.1. The molecule has 164 valence electrons. The van der Waals surface area contributed by atoms with Gasteiger partial charge in [-0.15, -0.1) is 0 Å². The molecule has 0 fully saturated rings. The largest absolute Gasteiger partial charge is 0.353 e. The molecule has 0 atom stereocenters. The number of nitrogens with zero attached hydrogens (tertiary/aromatic N) is 1. The predicted octanol–water partition coefficient (Wildman–Crippen LogP) is 7.01. The Bertz CT molecular complexity index is 267. The van der Waals surface area contributed by atoms with Gasteiger partial charge in [0.25, 0.3) is 0 Å². The van der Waals surface area contributed by atoms with Crippen LogP contribution in [-0.2, 0) is 0 Å². The van der Waals surface area contributed by atoms with Crippen LogP contribution in [0.25, 0.3) is 0 Å². The van der Waals surface area contributed by atoms with E-state index in [9.17, 15) is 10.2 Å². The average molecular weight is 386 g/mol. The van der Waals surface area contributed by atoms with Gasteiger partial charge in [-0.2, -0.15) is 0 Å². The molecule has 0 aliphatic heterocycles. The minimum Gasteiger partial charge on any atom is -0.353 e. The molecular weight excluding hydrogens is 334 g/mol. The summed E-state index contributed by atoms with van der Waals surface area (Å²) in [4.78, 5) is 1.86. The molecule has 3 heteroatoms. The summed E-state index contributed by atoms with van der Waals surface area (Å²) < 4.78 is 0. The van der Waals surface area contributed by atoms with Crippen LogP contribution in [-0.4, -0.2) is 34.1 Å². The van der Waals surface area contributed by atoms with Crippen molar-refractivity contribution in [1.29, 1.82) is 0 Å². The Balaban J connectivity index is 3.63. The average Bonchev–Trinajstić information content (AvgIpc) is 2.62. The standard InChI is InChI=1S/C24H51NO2/c1-4-6-8-10-12-14-16-18-20-22-25(24(3,26)27)23-21-19-17-15-13-11-9-7-5-2/h26-27H,4-23H2,1-3H3. The fraction of sp³-hybridized carbons (Fsp3) is 1.00. The van der Waals surface area contributed by atoms with Gasteiger partial charge in [0.15, 0.2) is 0 Å². The summed E-state index contributed by atoms with van der Waals surface area (Å²) in [7, 11) is 0. The van der Waals surface area contributed by atoms with Crippen LogP contribution in [0.3, 0.4) is 0 Å². The Labute approximate surface area is 170 Å². The second kappa shape index (κ2) is 19.2. The lowest BCUT2D eigenvalue weighted by Crippen LogP contribution is -2.47. The summed E-state index contributed by atoms with van der Waals surface area (Å²) in [5.41, 5.74) is 0. The van der Waals surface area contributed by atoms with Crippen molar-refractivity contribution in [3.05, 3.63) is 0 Å². The number of hydrogen-bond donors (Lipinski definition) is 2. The van der Waals surface area contributed by atoms with Crippen molar-refractivity contribution >= 4 is 0 Å². The molecular formula is C24H51NO2. The first-order valence-electron chi connectivity index (χ1n) is 12.2. The Morgan fingerprint density at radius 2 is 0.741 bits per heavy atom. The molecule has 0 radical (unpaired) electrons. The third kappa shape index (κ3) is 19.0. The maximum absolute atomic E-state index is 10.0. The van der Waals surface area contributed by atoms with Gasteiger partial charge < -0.3 is 10.2 Å². The molecule has 0 saturated carbocycles. The smallest absolute Gasteiger partial charge is 0.221 e. The van der Waals surface area contributed by atoms with E-state index in [1.807, 2.05) is 4.90 Å². The fourth-order valence-electron chi connectivity index (χ4n) is 3.76. The molecule has 0 aromatic heterocycles. The summed E-state index contributed by atoms with van der Waals surface area (Å²) in [6.07, 6.45) is 23.4. The molecule has 0 aromatic rings. The van der Waals surface area contributed by atoms with Crippen LogP contribution in [0.15, 0.2) is 0 Å². The highest BCUT2D eigenvalue weighted by Crippen LogP contribution is 2.15. The molecule has 0 heterocycles. The fourth-order valence-corrected chi connectivity index (χ4v) is 3.76. The van der Waals surface area contributed by atoms with Crippen LogP contribution < -0.4 is 0 Å². The third-order valence-corrected chi connectivity index (χ3v) is 5.66. The van der Waals surface area contributed by atoms with Crippen molar-refractivity contribution in [2.75, 3.05) is 13.1 Å². The zero-order chi connectivity index (χ0) is 20.2. The molecule has 0 amide bonds. The molecule has 2 N–H and O–H groups in total. The van der Waals surface area contributed by atoms with Crippen molar-refractivity contribution < 1.29 is 10.2 Å². The Hall–Kier alpha value is -0.120. The maximum atomic E-state index is 10.0. The van der Waals surface area contributed by atoms with E-state index in [1.165, 1.54) is 110 Å². The van der Waals surface area contributed by atoms with E-state index in [1.54, 1.807) is 0 Å². The van der Waals surface area contributed by atoms with E-state index >= 15 is 0 Å². The van der Waals surface area contributed by atoms with Gasteiger partial charge >= 0.3 is 0 Å². The van der Waals surface area contributed by atoms with E-state index in [0.717, 1.165) is 25.9 Å². The van der Waals surface area contributed by atoms with Crippen LogP contribution in [0.1, 0.15) is 136 Å². The second-order valence-corrected chi connectivity index (χ2v) is 8.61. The quantitative estimate of drug-likeness (QED) is 0.165. The number of aliphatic hydroxyl groups is 2. The van der Waals surface area contributed by atoms with Crippen LogP contribution >= 0.6 is 0 Å². The number of rotatable bonds is 21. The van der Waals surface area contributed by atoms with E-state index in [4.69, 9.17) is 0 Å². The molecule has 0 rings (SSSR count). The van der Waals surface area contributed by atoms with E-state index in [0.29, 0.717) is 0 Å². The van der Waals surface area contributed by atoms with Crippen molar-refractivity contribution in [3.63, 3.8) is 0 Å². The molecule has 0 unspecified atom stereocenters. The normalized spacial score (nSPS) is 12.2. The number of hydrogen-bond acceptors (Lipinski definition) is 3. The first kappa shape index (κ1) is 26.9. The lowest BCUT2D eigenvalue weighted by atomic mass is 10.1. The van der Waals surface area contributed by atoms with Gasteiger partial charge in [0, 0.05) is 20.0 Å². The Morgan fingerprint density at radius 3 is 1.00 bits per heavy atom. The lowest BCUT2D eigenvalue weighted by molar-refractivity contribution is -0.250. The zero-order valence-corrected chi connectivity index (χ0v) is 19.0. The molecule has 0 spiro atoms. The van der Waals surface area contributed by atoms with Gasteiger partial charge in [-0.3, -0.25) is 4.90 Å². The monoisotopic (exact) mass is 385 g/mol. The van der Waals surface area contributed by atoms with Crippen molar-refractivity contribution in [1.82, 2.24) is 4.90 Å². The van der Waals surface area contributed by atoms with E-state index < -0.39 is 5.91 Å². The first-order chi connectivity index (χ1) is 13.0. The summed E-state index contributed by atoms with van der Waals surface area (Å²) >= 11 is 0. The highest BCUT2D eigenvalue weighted by molar-refractivity contribution is 4.64. The Morgan fingerprint density at radius 1 is 0.481 bits per heavy atom. The molecule has 0 aliphatic rings. The first-order valence-corrected chi connectivity index (χ1v) is 12.2. The van der Waals surface area contributed by atoms with Crippen LogP contribution in [0, 0.1) is 0 Å². The zero-order valence-electron chi connectivity index (χ0n) is 19.0. The summed E-state index contributed by atoms with van der Waals surface area (Å²) in [5.74, 6) is -1.67. The molecule has 0 bridgehead atoms. The summed E-state index contributed by atoms with van der Waals surface area (Å²) in [6.45, 7) is 7.63. The van der Waals surface area contributed by atoms with Gasteiger partial charge in [-0.25, -0.2) is 0 Å². The van der Waals surface area contributed by atoms with Crippen LogP contribution in [0.4, 0.5) is 0 Å². The minimum atomic E-state index is -1.67. The van der Waals surface area contributed by atoms with Gasteiger partial charge in [0.2, 0.25) is 5.91 Å². The minimum absolute atomic E-state index is 0.802. The topological polar surface area (TPSA) is 43.7 Å². The number of unbranched alkanes of at least 4 members (excludes halogenated alkanes) is 16. The predicted molar refractivity (Wildman–Crippen MR) is 119 cm³/mol. The second-order valence-electron chi connectivity index (χ2n) is 8.61. The summed E-state index contributed by atoms with van der Waals surface area (Å²) in [5, 5.41) is 20.0. The van der Waals surface area contributed by atoms with Crippen molar-refractivity contribution in [3.8, 4) is 0 Å². The maximum Gasteiger partial charge on any atom is 0.221 e. The molecule has 0 aromatic carbocycles. The van der Waals surface area contributed by atoms with E-state index in [2.05, 4.69) is 13.8 Å². The van der Waals surface area contributed by atoms with Gasteiger partial charge in [0.05, 0.1) is 0 Å². The van der Waals surface area contributed by atoms with Crippen molar-refractivity contribution in [2.24, 2.45) is 0 Å². The molecule has 3 nitrogen and oxygen atoms in total. The van der Waals surface area contributed by atoms with Gasteiger partial charge in [-0.1, -0.05) is 117 Å². The van der Waals surface area contributed by atoms with Crippen molar-refractivity contribution in [2.45, 2.75) is 142 Å². The van der Waals surface area contributed by atoms with Crippen LogP contribution in [0.2, 0.25) is 0 Å². The molecule has 0 aliphatic carbocycles. The molecule has 0 saturated heterocycles. The molecule has 27 heavy (non-hydrogen) atoms. The summed E-state index contributed by atoms with van der Waals surface area (Å²) in [6, 6.07) is 0. The lowest BCUT2D eigenvalue weighted by Gasteiger charge is -2.32.